The lowest BCUT2D eigenvalue weighted by Gasteiger charge is -2.32. The third-order valence-corrected chi connectivity index (χ3v) is 4.91. The van der Waals surface area contributed by atoms with Gasteiger partial charge in [0.15, 0.2) is 0 Å². The molecule has 0 heterocycles. The summed E-state index contributed by atoms with van der Waals surface area (Å²) in [5.41, 5.74) is -0.0570. The number of aliphatic hydroxyl groups is 1. The highest BCUT2D eigenvalue weighted by atomic mass is 16.5. The highest BCUT2D eigenvalue weighted by Gasteiger charge is 2.33. The molecular weight excluding hydrogens is 238 g/mol. The lowest BCUT2D eigenvalue weighted by atomic mass is 9.83. The molecule has 0 radical (unpaired) electrons. The van der Waals surface area contributed by atoms with E-state index in [1.807, 2.05) is 0 Å². The van der Waals surface area contributed by atoms with Gasteiger partial charge in [-0.1, -0.05) is 26.2 Å². The average Bonchev–Trinajstić information content (AvgIpc) is 3.18. The molecular formula is C16H31NO2. The van der Waals surface area contributed by atoms with Gasteiger partial charge in [-0.25, -0.2) is 0 Å². The van der Waals surface area contributed by atoms with Crippen LogP contribution >= 0.6 is 0 Å². The Kier molecular flexibility index (Phi) is 6.11. The van der Waals surface area contributed by atoms with Crippen molar-refractivity contribution in [2.45, 2.75) is 76.3 Å². The molecule has 0 aromatic heterocycles. The Bertz CT molecular complexity index is 245. The number of hydrogen-bond donors (Lipinski definition) is 2. The van der Waals surface area contributed by atoms with Gasteiger partial charge in [-0.3, -0.25) is 0 Å². The van der Waals surface area contributed by atoms with Crippen molar-refractivity contribution in [3.63, 3.8) is 0 Å². The third kappa shape index (κ3) is 5.05. The molecule has 112 valence electrons. The van der Waals surface area contributed by atoms with Crippen LogP contribution in [0.1, 0.15) is 64.7 Å². The number of hydrogen-bond acceptors (Lipinski definition) is 3. The van der Waals surface area contributed by atoms with Crippen molar-refractivity contribution in [3.05, 3.63) is 0 Å². The van der Waals surface area contributed by atoms with E-state index in [0.717, 1.165) is 38.4 Å². The predicted octanol–water partition coefficient (Wildman–Crippen LogP) is 2.87. The first-order valence-electron chi connectivity index (χ1n) is 8.24. The van der Waals surface area contributed by atoms with Crippen LogP contribution in [0.3, 0.4) is 0 Å². The van der Waals surface area contributed by atoms with E-state index in [-0.39, 0.29) is 12.1 Å². The van der Waals surface area contributed by atoms with Gasteiger partial charge >= 0.3 is 0 Å². The topological polar surface area (TPSA) is 41.5 Å². The molecule has 0 spiro atoms. The van der Waals surface area contributed by atoms with E-state index in [0.29, 0.717) is 6.04 Å². The van der Waals surface area contributed by atoms with Gasteiger partial charge in [-0.05, 0) is 44.4 Å². The van der Waals surface area contributed by atoms with Crippen LogP contribution in [0.15, 0.2) is 0 Å². The third-order valence-electron chi connectivity index (χ3n) is 4.91. The predicted molar refractivity (Wildman–Crippen MR) is 78.3 cm³/mol. The second-order valence-electron chi connectivity index (χ2n) is 6.51. The zero-order valence-corrected chi connectivity index (χ0v) is 12.5. The van der Waals surface area contributed by atoms with Crippen LogP contribution in [0, 0.1) is 5.92 Å². The lowest BCUT2D eigenvalue weighted by Crippen LogP contribution is -2.49. The van der Waals surface area contributed by atoms with E-state index in [4.69, 9.17) is 4.74 Å². The van der Waals surface area contributed by atoms with Crippen molar-refractivity contribution >= 4 is 0 Å². The monoisotopic (exact) mass is 269 g/mol. The molecule has 2 fully saturated rings. The molecule has 19 heavy (non-hydrogen) atoms. The lowest BCUT2D eigenvalue weighted by molar-refractivity contribution is 0.0868. The molecule has 2 saturated carbocycles. The Balaban J connectivity index is 1.53. The van der Waals surface area contributed by atoms with Gasteiger partial charge < -0.3 is 15.2 Å². The Morgan fingerprint density at radius 1 is 1.21 bits per heavy atom. The Labute approximate surface area is 118 Å². The molecule has 3 nitrogen and oxygen atoms in total. The minimum Gasteiger partial charge on any atom is -0.394 e. The largest absolute Gasteiger partial charge is 0.394 e. The van der Waals surface area contributed by atoms with Crippen LogP contribution < -0.4 is 5.32 Å². The molecule has 1 atom stereocenters. The van der Waals surface area contributed by atoms with E-state index >= 15 is 0 Å². The fraction of sp³-hybridized carbons (Fsp3) is 1.00. The molecule has 2 aliphatic rings. The van der Waals surface area contributed by atoms with Crippen molar-refractivity contribution in [1.29, 1.82) is 0 Å². The number of rotatable bonds is 11. The van der Waals surface area contributed by atoms with Gasteiger partial charge in [-0.2, -0.15) is 0 Å². The summed E-state index contributed by atoms with van der Waals surface area (Å²) in [6.45, 7) is 4.20. The van der Waals surface area contributed by atoms with Gasteiger partial charge in [0.2, 0.25) is 0 Å². The van der Waals surface area contributed by atoms with Gasteiger partial charge in [0, 0.05) is 24.8 Å². The van der Waals surface area contributed by atoms with E-state index in [2.05, 4.69) is 12.2 Å². The van der Waals surface area contributed by atoms with Gasteiger partial charge in [-0.15, -0.1) is 0 Å². The molecule has 0 aromatic rings. The molecule has 2 rings (SSSR count). The van der Waals surface area contributed by atoms with E-state index in [9.17, 15) is 5.11 Å². The summed E-state index contributed by atoms with van der Waals surface area (Å²) < 4.78 is 5.74. The second kappa shape index (κ2) is 7.61. The minimum atomic E-state index is -0.0570. The van der Waals surface area contributed by atoms with Crippen LogP contribution in [0.5, 0.6) is 0 Å². The smallest absolute Gasteiger partial charge is 0.0613 e. The van der Waals surface area contributed by atoms with Gasteiger partial charge in [0.05, 0.1) is 6.61 Å². The first-order chi connectivity index (χ1) is 9.28. The first-order valence-corrected chi connectivity index (χ1v) is 8.24. The summed E-state index contributed by atoms with van der Waals surface area (Å²) in [5, 5.41) is 13.3. The normalized spacial score (nSPS) is 23.1. The maximum absolute atomic E-state index is 9.66. The van der Waals surface area contributed by atoms with Crippen LogP contribution in [0.4, 0.5) is 0 Å². The van der Waals surface area contributed by atoms with Crippen molar-refractivity contribution in [2.75, 3.05) is 19.8 Å². The second-order valence-corrected chi connectivity index (χ2v) is 6.51. The van der Waals surface area contributed by atoms with Crippen molar-refractivity contribution in [1.82, 2.24) is 5.32 Å². The van der Waals surface area contributed by atoms with Crippen molar-refractivity contribution in [2.24, 2.45) is 5.92 Å². The Morgan fingerprint density at radius 2 is 2.00 bits per heavy atom. The summed E-state index contributed by atoms with van der Waals surface area (Å²) in [5.74, 6) is 0.948. The molecule has 1 unspecified atom stereocenters. The van der Waals surface area contributed by atoms with Gasteiger partial charge in [0.1, 0.15) is 0 Å². The molecule has 2 N–H and O–H groups in total. The van der Waals surface area contributed by atoms with Gasteiger partial charge in [0.25, 0.3) is 0 Å². The maximum atomic E-state index is 9.66. The highest BCUT2D eigenvalue weighted by molar-refractivity contribution is 4.94. The standard InChI is InChI=1S/C16H31NO2/c1-2-16(13-18,17-15-7-8-15)10-4-11-19-12-9-14-5-3-6-14/h14-15,17-18H,2-13H2,1H3. The quantitative estimate of drug-likeness (QED) is 0.567. The van der Waals surface area contributed by atoms with Crippen LogP contribution in [0.2, 0.25) is 0 Å². The summed E-state index contributed by atoms with van der Waals surface area (Å²) in [4.78, 5) is 0. The number of nitrogens with one attached hydrogen (secondary N) is 1. The molecule has 0 aliphatic heterocycles. The van der Waals surface area contributed by atoms with Crippen molar-refractivity contribution in [3.8, 4) is 0 Å². The Hall–Kier alpha value is -0.120. The van der Waals surface area contributed by atoms with E-state index in [1.54, 1.807) is 0 Å². The Morgan fingerprint density at radius 3 is 2.53 bits per heavy atom. The minimum absolute atomic E-state index is 0.0570. The summed E-state index contributed by atoms with van der Waals surface area (Å²) in [6, 6.07) is 0.659. The first kappa shape index (κ1) is 15.3. The molecule has 2 aliphatic carbocycles. The van der Waals surface area contributed by atoms with E-state index < -0.39 is 0 Å². The molecule has 3 heteroatoms. The molecule has 0 saturated heterocycles. The fourth-order valence-electron chi connectivity index (χ4n) is 2.89. The number of ether oxygens (including phenoxy) is 1. The molecule has 0 bridgehead atoms. The highest BCUT2D eigenvalue weighted by Crippen LogP contribution is 2.29. The molecule has 0 aromatic carbocycles. The summed E-state index contributed by atoms with van der Waals surface area (Å²) in [6.07, 6.45) is 11.1. The van der Waals surface area contributed by atoms with E-state index in [1.165, 1.54) is 38.5 Å². The fourth-order valence-corrected chi connectivity index (χ4v) is 2.89. The van der Waals surface area contributed by atoms with Crippen LogP contribution in [-0.2, 0) is 4.74 Å². The number of aliphatic hydroxyl groups excluding tert-OH is 1. The summed E-state index contributed by atoms with van der Waals surface area (Å²) in [7, 11) is 0. The van der Waals surface area contributed by atoms with Crippen LogP contribution in [0.25, 0.3) is 0 Å². The molecule has 0 amide bonds. The summed E-state index contributed by atoms with van der Waals surface area (Å²) >= 11 is 0. The van der Waals surface area contributed by atoms with Crippen molar-refractivity contribution < 1.29 is 9.84 Å². The zero-order chi connectivity index (χ0) is 13.6. The zero-order valence-electron chi connectivity index (χ0n) is 12.5. The average molecular weight is 269 g/mol. The SMILES string of the molecule is CCC(CO)(CCCOCCC1CCC1)NC1CC1. The maximum Gasteiger partial charge on any atom is 0.0613 e. The van der Waals surface area contributed by atoms with Crippen LogP contribution in [-0.4, -0.2) is 36.5 Å².